The summed E-state index contributed by atoms with van der Waals surface area (Å²) in [6.07, 6.45) is 2.59. The minimum atomic E-state index is -0.0288. The summed E-state index contributed by atoms with van der Waals surface area (Å²) >= 11 is 1.73. The highest BCUT2D eigenvalue weighted by Crippen LogP contribution is 2.28. The lowest BCUT2D eigenvalue weighted by molar-refractivity contribution is 0.0937. The molecule has 3 nitrogen and oxygen atoms in total. The summed E-state index contributed by atoms with van der Waals surface area (Å²) in [5.74, 6) is 0.751. The van der Waals surface area contributed by atoms with Crippen LogP contribution in [0, 0.1) is 5.92 Å². The van der Waals surface area contributed by atoms with Gasteiger partial charge in [-0.05, 0) is 55.5 Å². The first-order valence-electron chi connectivity index (χ1n) is 10.4. The summed E-state index contributed by atoms with van der Waals surface area (Å²) < 4.78 is 0. The number of thioether (sulfide) groups is 1. The van der Waals surface area contributed by atoms with Crippen LogP contribution in [-0.4, -0.2) is 24.2 Å². The van der Waals surface area contributed by atoms with Crippen LogP contribution in [0.25, 0.3) is 0 Å². The van der Waals surface area contributed by atoms with Gasteiger partial charge in [-0.1, -0.05) is 45.0 Å². The smallest absolute Gasteiger partial charge is 0.252 e. The van der Waals surface area contributed by atoms with E-state index in [9.17, 15) is 4.79 Å². The second kappa shape index (κ2) is 9.51. The van der Waals surface area contributed by atoms with Crippen LogP contribution in [0.15, 0.2) is 53.4 Å². The molecule has 0 aliphatic carbocycles. The van der Waals surface area contributed by atoms with Gasteiger partial charge >= 0.3 is 0 Å². The Hall–Kier alpha value is -1.94. The van der Waals surface area contributed by atoms with Crippen LogP contribution in [0.2, 0.25) is 0 Å². The molecule has 28 heavy (non-hydrogen) atoms. The molecule has 1 saturated heterocycles. The van der Waals surface area contributed by atoms with Crippen molar-refractivity contribution in [3.8, 4) is 0 Å². The van der Waals surface area contributed by atoms with Gasteiger partial charge in [0.2, 0.25) is 0 Å². The molecule has 2 aromatic rings. The van der Waals surface area contributed by atoms with Crippen LogP contribution >= 0.6 is 11.8 Å². The van der Waals surface area contributed by atoms with E-state index in [-0.39, 0.29) is 11.9 Å². The summed E-state index contributed by atoms with van der Waals surface area (Å²) in [6.45, 7) is 10.9. The third-order valence-electron chi connectivity index (χ3n) is 5.26. The molecule has 0 bridgehead atoms. The number of carbonyl (C=O) groups is 1. The summed E-state index contributed by atoms with van der Waals surface area (Å²) in [5, 5.41) is 3.61. The molecule has 1 N–H and O–H groups in total. The van der Waals surface area contributed by atoms with Crippen LogP contribution in [0.4, 0.5) is 5.69 Å². The highest BCUT2D eigenvalue weighted by molar-refractivity contribution is 8.00. The van der Waals surface area contributed by atoms with Gasteiger partial charge in [-0.15, -0.1) is 11.8 Å². The number of rotatable bonds is 6. The van der Waals surface area contributed by atoms with Crippen molar-refractivity contribution in [1.29, 1.82) is 0 Å². The van der Waals surface area contributed by atoms with E-state index in [2.05, 4.69) is 55.3 Å². The highest BCUT2D eigenvalue weighted by atomic mass is 32.2. The molecular weight excluding hydrogens is 364 g/mol. The Kier molecular flexibility index (Phi) is 7.06. The van der Waals surface area contributed by atoms with Crippen LogP contribution < -0.4 is 10.2 Å². The molecule has 2 atom stereocenters. The van der Waals surface area contributed by atoms with Crippen molar-refractivity contribution in [2.45, 2.75) is 56.7 Å². The molecule has 0 aromatic heterocycles. The Morgan fingerprint density at radius 1 is 1.11 bits per heavy atom. The van der Waals surface area contributed by atoms with Crippen LogP contribution in [0.5, 0.6) is 0 Å². The molecule has 0 saturated carbocycles. The zero-order chi connectivity index (χ0) is 20.1. The van der Waals surface area contributed by atoms with E-state index in [1.165, 1.54) is 18.5 Å². The third-order valence-corrected chi connectivity index (χ3v) is 6.34. The van der Waals surface area contributed by atoms with Gasteiger partial charge in [0.25, 0.3) is 5.91 Å². The molecule has 1 aliphatic rings. The van der Waals surface area contributed by atoms with Crippen molar-refractivity contribution < 1.29 is 4.79 Å². The summed E-state index contributed by atoms with van der Waals surface area (Å²) in [7, 11) is 0. The molecule has 0 radical (unpaired) electrons. The number of nitrogens with one attached hydrogen (secondary N) is 1. The first kappa shape index (κ1) is 20.8. The van der Waals surface area contributed by atoms with Gasteiger partial charge in [-0.3, -0.25) is 4.79 Å². The topological polar surface area (TPSA) is 32.3 Å². The maximum atomic E-state index is 12.8. The Balaban J connectivity index is 1.66. The SMILES string of the molecule is CC(C)Sc1ccccc1C(=O)N[C@H](C)c1ccc(N2CCC[C@H](C)C2)cc1. The van der Waals surface area contributed by atoms with E-state index >= 15 is 0 Å². The second-order valence-electron chi connectivity index (χ2n) is 8.14. The van der Waals surface area contributed by atoms with Gasteiger partial charge in [-0.2, -0.15) is 0 Å². The summed E-state index contributed by atoms with van der Waals surface area (Å²) in [5.41, 5.74) is 3.18. The second-order valence-corrected chi connectivity index (χ2v) is 9.76. The number of carbonyl (C=O) groups excluding carboxylic acids is 1. The van der Waals surface area contributed by atoms with Gasteiger partial charge in [0.15, 0.2) is 0 Å². The standard InChI is InChI=1S/C24H32N2OS/c1-17(2)28-23-10-6-5-9-22(23)24(27)25-19(4)20-11-13-21(14-12-20)26-15-7-8-18(3)16-26/h5-6,9-14,17-19H,7-8,15-16H2,1-4H3,(H,25,27)/t18-,19+/m0/s1. The van der Waals surface area contributed by atoms with E-state index in [4.69, 9.17) is 0 Å². The lowest BCUT2D eigenvalue weighted by Crippen LogP contribution is -2.34. The maximum absolute atomic E-state index is 12.8. The fourth-order valence-corrected chi connectivity index (χ4v) is 4.72. The zero-order valence-corrected chi connectivity index (χ0v) is 18.3. The molecule has 3 rings (SSSR count). The Labute approximate surface area is 173 Å². The minimum absolute atomic E-state index is 0.00909. The zero-order valence-electron chi connectivity index (χ0n) is 17.4. The van der Waals surface area contributed by atoms with Crippen molar-refractivity contribution in [2.24, 2.45) is 5.92 Å². The summed E-state index contributed by atoms with van der Waals surface area (Å²) in [6, 6.07) is 16.5. The Morgan fingerprint density at radius 3 is 2.50 bits per heavy atom. The molecule has 150 valence electrons. The quantitative estimate of drug-likeness (QED) is 0.616. The average Bonchev–Trinajstić information content (AvgIpc) is 2.68. The minimum Gasteiger partial charge on any atom is -0.371 e. The monoisotopic (exact) mass is 396 g/mol. The first-order chi connectivity index (χ1) is 13.4. The summed E-state index contributed by atoms with van der Waals surface area (Å²) in [4.78, 5) is 16.4. The number of piperidine rings is 1. The fraction of sp³-hybridized carbons (Fsp3) is 0.458. The molecule has 2 aromatic carbocycles. The Morgan fingerprint density at radius 2 is 1.82 bits per heavy atom. The highest BCUT2D eigenvalue weighted by Gasteiger charge is 2.18. The lowest BCUT2D eigenvalue weighted by atomic mass is 9.99. The number of hydrogen-bond donors (Lipinski definition) is 1. The Bertz CT molecular complexity index is 787. The number of amides is 1. The molecule has 1 heterocycles. The first-order valence-corrected chi connectivity index (χ1v) is 11.2. The van der Waals surface area contributed by atoms with Crippen molar-refractivity contribution in [2.75, 3.05) is 18.0 Å². The fourth-order valence-electron chi connectivity index (χ4n) is 3.77. The predicted octanol–water partition coefficient (Wildman–Crippen LogP) is 5.91. The van der Waals surface area contributed by atoms with Crippen molar-refractivity contribution in [3.63, 3.8) is 0 Å². The molecule has 0 spiro atoms. The van der Waals surface area contributed by atoms with Gasteiger partial charge in [0.1, 0.15) is 0 Å². The molecule has 1 aliphatic heterocycles. The van der Waals surface area contributed by atoms with E-state index in [1.54, 1.807) is 11.8 Å². The van der Waals surface area contributed by atoms with Gasteiger partial charge < -0.3 is 10.2 Å². The third kappa shape index (κ3) is 5.32. The maximum Gasteiger partial charge on any atom is 0.252 e. The van der Waals surface area contributed by atoms with Gasteiger partial charge in [0.05, 0.1) is 11.6 Å². The largest absolute Gasteiger partial charge is 0.371 e. The number of anilines is 1. The van der Waals surface area contributed by atoms with Crippen molar-refractivity contribution in [1.82, 2.24) is 5.32 Å². The van der Waals surface area contributed by atoms with Gasteiger partial charge in [-0.25, -0.2) is 0 Å². The molecular formula is C24H32N2OS. The number of nitrogens with zero attached hydrogens (tertiary/aromatic N) is 1. The van der Waals surface area contributed by atoms with Crippen LogP contribution in [0.3, 0.4) is 0 Å². The average molecular weight is 397 g/mol. The van der Waals surface area contributed by atoms with E-state index in [0.717, 1.165) is 35.0 Å². The number of hydrogen-bond acceptors (Lipinski definition) is 3. The molecule has 0 unspecified atom stereocenters. The molecule has 1 amide bonds. The molecule has 4 heteroatoms. The van der Waals surface area contributed by atoms with Crippen molar-refractivity contribution >= 4 is 23.4 Å². The lowest BCUT2D eigenvalue weighted by Gasteiger charge is -2.33. The van der Waals surface area contributed by atoms with E-state index in [1.807, 2.05) is 31.2 Å². The van der Waals surface area contributed by atoms with E-state index < -0.39 is 0 Å². The number of benzene rings is 2. The van der Waals surface area contributed by atoms with Crippen molar-refractivity contribution in [3.05, 3.63) is 59.7 Å². The normalized spacial score (nSPS) is 18.2. The van der Waals surface area contributed by atoms with E-state index in [0.29, 0.717) is 5.25 Å². The van der Waals surface area contributed by atoms with Gasteiger partial charge in [0, 0.05) is 28.9 Å². The van der Waals surface area contributed by atoms with Crippen LogP contribution in [0.1, 0.15) is 62.5 Å². The molecule has 1 fully saturated rings. The predicted molar refractivity (Wildman–Crippen MR) is 120 cm³/mol. The van der Waals surface area contributed by atoms with Crippen LogP contribution in [-0.2, 0) is 0 Å².